The number of benzene rings is 2. The summed E-state index contributed by atoms with van der Waals surface area (Å²) < 4.78 is 77.0. The molecule has 46 heavy (non-hydrogen) atoms. The summed E-state index contributed by atoms with van der Waals surface area (Å²) >= 11 is 0. The van der Waals surface area contributed by atoms with Crippen molar-refractivity contribution in [1.29, 1.82) is 5.26 Å². The number of allylic oxidation sites excluding steroid dienone is 2. The smallest absolute Gasteiger partial charge is 0.422 e. The molecule has 1 aliphatic carbocycles. The number of ether oxygens (including phenoxy) is 2. The van der Waals surface area contributed by atoms with Crippen LogP contribution < -0.4 is 19.5 Å². The lowest BCUT2D eigenvalue weighted by Gasteiger charge is -2.36. The topological polar surface area (TPSA) is 164 Å². The molecule has 0 fully saturated rings. The number of nitro groups is 1. The second kappa shape index (κ2) is 14.5. The first kappa shape index (κ1) is 34.7. The van der Waals surface area contributed by atoms with E-state index in [1.807, 2.05) is 6.07 Å². The Hall–Kier alpha value is -4.13. The predicted molar refractivity (Wildman–Crippen MR) is 164 cm³/mol. The Balaban J connectivity index is 1.53. The van der Waals surface area contributed by atoms with Crippen molar-refractivity contribution in [2.75, 3.05) is 38.2 Å². The lowest BCUT2D eigenvalue weighted by molar-refractivity contribution is -0.419. The number of aliphatic hydroxyl groups excluding tert-OH is 1. The molecule has 0 spiro atoms. The molecule has 3 unspecified atom stereocenters. The third kappa shape index (κ3) is 7.98. The van der Waals surface area contributed by atoms with Crippen LogP contribution in [-0.2, 0) is 16.4 Å². The van der Waals surface area contributed by atoms with Crippen molar-refractivity contribution in [1.82, 2.24) is 4.72 Å². The molecule has 0 saturated heterocycles. The Morgan fingerprint density at radius 1 is 1.26 bits per heavy atom. The van der Waals surface area contributed by atoms with Crippen LogP contribution in [-0.4, -0.2) is 62.3 Å². The summed E-state index contributed by atoms with van der Waals surface area (Å²) in [6.07, 6.45) is 0.529. The van der Waals surface area contributed by atoms with E-state index in [0.29, 0.717) is 24.9 Å². The van der Waals surface area contributed by atoms with Gasteiger partial charge in [-0.25, -0.2) is 13.1 Å². The molecule has 15 heteroatoms. The van der Waals surface area contributed by atoms with Gasteiger partial charge in [-0.15, -0.1) is 0 Å². The molecule has 3 N–H and O–H groups in total. The van der Waals surface area contributed by atoms with Crippen molar-refractivity contribution >= 4 is 15.7 Å². The van der Waals surface area contributed by atoms with E-state index in [0.717, 1.165) is 16.8 Å². The molecule has 11 nitrogen and oxygen atoms in total. The van der Waals surface area contributed by atoms with E-state index < -0.39 is 38.4 Å². The fourth-order valence-corrected chi connectivity index (χ4v) is 7.60. The Bertz CT molecular complexity index is 1640. The molecule has 2 aliphatic rings. The maximum atomic E-state index is 13.9. The normalized spacial score (nSPS) is 19.8. The minimum absolute atomic E-state index is 0.00170. The summed E-state index contributed by atoms with van der Waals surface area (Å²) in [6, 6.07) is 11.6. The molecule has 0 aromatic heterocycles. The molecule has 3 atom stereocenters. The molecule has 1 heterocycles. The summed E-state index contributed by atoms with van der Waals surface area (Å²) in [5.41, 5.74) is 2.57. The molecule has 4 rings (SSSR count). The van der Waals surface area contributed by atoms with Crippen LogP contribution >= 0.6 is 0 Å². The maximum Gasteiger partial charge on any atom is 0.422 e. The highest BCUT2D eigenvalue weighted by Gasteiger charge is 2.47. The number of aliphatic hydroxyl groups is 1. The van der Waals surface area contributed by atoms with Crippen molar-refractivity contribution in [3.63, 3.8) is 0 Å². The number of nitrogens with one attached hydrogen (secondary N) is 2. The van der Waals surface area contributed by atoms with Crippen molar-refractivity contribution in [3.8, 4) is 17.6 Å². The van der Waals surface area contributed by atoms with Crippen LogP contribution in [0.5, 0.6) is 11.5 Å². The monoisotopic (exact) mass is 664 g/mol. The number of halogens is 3. The second-order valence-corrected chi connectivity index (χ2v) is 13.3. The van der Waals surface area contributed by atoms with Crippen LogP contribution in [0, 0.1) is 27.4 Å². The molecule has 0 bridgehead atoms. The number of nitrogens with zero attached hydrogens (tertiary/aromatic N) is 2. The Morgan fingerprint density at radius 2 is 1.98 bits per heavy atom. The molecule has 0 radical (unpaired) electrons. The van der Waals surface area contributed by atoms with Crippen LogP contribution in [0.3, 0.4) is 0 Å². The van der Waals surface area contributed by atoms with Crippen LogP contribution in [0.4, 0.5) is 18.9 Å². The van der Waals surface area contributed by atoms with Crippen molar-refractivity contribution < 1.29 is 41.1 Å². The molecule has 2 aromatic rings. The van der Waals surface area contributed by atoms with E-state index in [1.165, 1.54) is 42.5 Å². The number of para-hydroxylation sites is 2. The molecule has 0 saturated carbocycles. The standard InChI is InChI=1S/C31H35F3N4O7S/c1-21(15-22-16-24(18-35)29-26(17-22)23(19-36-29)5-4-13-39)30(10-8-25(9-11-30)38(40)41)46(42,43)37-12-14-44-27-6-2-3-7-28(27)45-20-31(32,33)34/h2-3,6-10,16-17,21,23,36-37,39H,4-5,11-15,19-20H2,1H3. The largest absolute Gasteiger partial charge is 0.488 e. The van der Waals surface area contributed by atoms with E-state index in [4.69, 9.17) is 9.47 Å². The van der Waals surface area contributed by atoms with Gasteiger partial charge in [0.1, 0.15) is 17.4 Å². The molecule has 1 aliphatic heterocycles. The predicted octanol–water partition coefficient (Wildman–Crippen LogP) is 4.82. The van der Waals surface area contributed by atoms with Crippen molar-refractivity contribution in [3.05, 3.63) is 87.1 Å². The number of hydrogen-bond donors (Lipinski definition) is 3. The second-order valence-electron chi connectivity index (χ2n) is 11.2. The zero-order valence-electron chi connectivity index (χ0n) is 25.0. The number of fused-ring (bicyclic) bond motifs is 1. The van der Waals surface area contributed by atoms with E-state index in [-0.39, 0.29) is 55.7 Å². The molecular formula is C31H35F3N4O7S. The quantitative estimate of drug-likeness (QED) is 0.138. The van der Waals surface area contributed by atoms with Gasteiger partial charge in [0.2, 0.25) is 10.0 Å². The zero-order valence-corrected chi connectivity index (χ0v) is 25.9. The molecule has 2 aromatic carbocycles. The maximum absolute atomic E-state index is 13.9. The number of hydrogen-bond acceptors (Lipinski definition) is 9. The number of alkyl halides is 3. The van der Waals surface area contributed by atoms with Crippen molar-refractivity contribution in [2.24, 2.45) is 5.92 Å². The van der Waals surface area contributed by atoms with Crippen LogP contribution in [0.1, 0.15) is 48.8 Å². The summed E-state index contributed by atoms with van der Waals surface area (Å²) in [6.45, 7) is 0.361. The Labute approximate surface area is 264 Å². The van der Waals surface area contributed by atoms with E-state index >= 15 is 0 Å². The van der Waals surface area contributed by atoms with Gasteiger partial charge in [0.25, 0.3) is 5.70 Å². The Morgan fingerprint density at radius 3 is 2.59 bits per heavy atom. The molecular weight excluding hydrogens is 629 g/mol. The minimum atomic E-state index is -4.56. The molecule has 0 amide bonds. The molecule has 248 valence electrons. The highest BCUT2D eigenvalue weighted by Crippen LogP contribution is 2.41. The van der Waals surface area contributed by atoms with Gasteiger partial charge in [-0.2, -0.15) is 18.4 Å². The summed E-state index contributed by atoms with van der Waals surface area (Å²) in [7, 11) is -4.23. The highest BCUT2D eigenvalue weighted by atomic mass is 32.2. The first-order chi connectivity index (χ1) is 21.8. The van der Waals surface area contributed by atoms with E-state index in [2.05, 4.69) is 16.1 Å². The van der Waals surface area contributed by atoms with Crippen LogP contribution in [0.25, 0.3) is 0 Å². The van der Waals surface area contributed by atoms with Gasteiger partial charge in [-0.05, 0) is 67.0 Å². The number of nitriles is 1. The van der Waals surface area contributed by atoms with Gasteiger partial charge in [-0.1, -0.05) is 31.2 Å². The first-order valence-electron chi connectivity index (χ1n) is 14.7. The summed E-state index contributed by atoms with van der Waals surface area (Å²) in [4.78, 5) is 10.8. The average Bonchev–Trinajstić information content (AvgIpc) is 3.43. The third-order valence-corrected chi connectivity index (χ3v) is 10.5. The van der Waals surface area contributed by atoms with E-state index in [9.17, 15) is 42.1 Å². The van der Waals surface area contributed by atoms with Crippen LogP contribution in [0.2, 0.25) is 0 Å². The minimum Gasteiger partial charge on any atom is -0.488 e. The van der Waals surface area contributed by atoms with Gasteiger partial charge in [0.15, 0.2) is 18.1 Å². The Kier molecular flexibility index (Phi) is 11.0. The fraction of sp³-hybridized carbons (Fsp3) is 0.452. The van der Waals surface area contributed by atoms with Gasteiger partial charge in [0.05, 0.1) is 16.2 Å². The third-order valence-electron chi connectivity index (χ3n) is 8.17. The average molecular weight is 665 g/mol. The van der Waals surface area contributed by atoms with Gasteiger partial charge >= 0.3 is 6.18 Å². The zero-order chi connectivity index (χ0) is 33.5. The van der Waals surface area contributed by atoms with Gasteiger partial charge in [0, 0.05) is 31.7 Å². The number of rotatable bonds is 15. The van der Waals surface area contributed by atoms with Gasteiger partial charge < -0.3 is 19.9 Å². The fourth-order valence-electron chi connectivity index (χ4n) is 5.82. The first-order valence-corrected chi connectivity index (χ1v) is 16.1. The SMILES string of the molecule is CC(Cc1cc(C#N)c2c(c1)C(CCCO)CN2)C1(S(=O)(=O)NCCOc2ccccc2OCC(F)(F)F)C=CC([N+](=O)[O-])=CC1. The van der Waals surface area contributed by atoms with Crippen LogP contribution in [0.15, 0.2) is 60.3 Å². The van der Waals surface area contributed by atoms with Crippen molar-refractivity contribution in [2.45, 2.75) is 49.4 Å². The number of sulfonamides is 1. The lowest BCUT2D eigenvalue weighted by Crippen LogP contribution is -2.51. The summed E-state index contributed by atoms with van der Waals surface area (Å²) in [5, 5.41) is 33.8. The highest BCUT2D eigenvalue weighted by molar-refractivity contribution is 7.91. The lowest BCUT2D eigenvalue weighted by atomic mass is 9.81. The van der Waals surface area contributed by atoms with Gasteiger partial charge in [-0.3, -0.25) is 10.1 Å². The number of anilines is 1. The van der Waals surface area contributed by atoms with E-state index in [1.54, 1.807) is 13.0 Å². The summed E-state index contributed by atoms with van der Waals surface area (Å²) in [5.74, 6) is -0.701.